The molecule has 0 saturated heterocycles. The highest BCUT2D eigenvalue weighted by atomic mass is 16.1. The lowest BCUT2D eigenvalue weighted by molar-refractivity contribution is 0.888. The van der Waals surface area contributed by atoms with Crippen molar-refractivity contribution in [3.8, 4) is 0 Å². The second-order valence-corrected chi connectivity index (χ2v) is 4.35. The SMILES string of the molecule is CN(Cc1ccc(CN)cc1)c1nc[nH]c(=O)c1N. The minimum atomic E-state index is -0.324. The van der Waals surface area contributed by atoms with E-state index in [0.29, 0.717) is 18.9 Å². The molecule has 100 valence electrons. The second-order valence-electron chi connectivity index (χ2n) is 4.35. The minimum Gasteiger partial charge on any atom is -0.391 e. The van der Waals surface area contributed by atoms with Crippen LogP contribution in [-0.4, -0.2) is 17.0 Å². The molecular formula is C13H17N5O. The average molecular weight is 259 g/mol. The molecule has 0 aliphatic rings. The summed E-state index contributed by atoms with van der Waals surface area (Å²) in [4.78, 5) is 19.8. The van der Waals surface area contributed by atoms with Crippen LogP contribution in [0.25, 0.3) is 0 Å². The molecule has 19 heavy (non-hydrogen) atoms. The predicted octanol–water partition coefficient (Wildman–Crippen LogP) is 0.447. The Morgan fingerprint density at radius 2 is 1.89 bits per heavy atom. The summed E-state index contributed by atoms with van der Waals surface area (Å²) in [7, 11) is 1.84. The Morgan fingerprint density at radius 3 is 2.53 bits per heavy atom. The first-order valence-corrected chi connectivity index (χ1v) is 5.94. The van der Waals surface area contributed by atoms with Crippen LogP contribution in [0.1, 0.15) is 11.1 Å². The third-order valence-electron chi connectivity index (χ3n) is 2.91. The lowest BCUT2D eigenvalue weighted by atomic mass is 10.1. The van der Waals surface area contributed by atoms with E-state index < -0.39 is 0 Å². The van der Waals surface area contributed by atoms with Gasteiger partial charge in [0.1, 0.15) is 5.69 Å². The van der Waals surface area contributed by atoms with Crippen LogP contribution in [0.2, 0.25) is 0 Å². The predicted molar refractivity (Wildman–Crippen MR) is 75.7 cm³/mol. The molecule has 5 N–H and O–H groups in total. The van der Waals surface area contributed by atoms with Gasteiger partial charge in [0.2, 0.25) is 0 Å². The van der Waals surface area contributed by atoms with Crippen LogP contribution >= 0.6 is 0 Å². The monoisotopic (exact) mass is 259 g/mol. The Hall–Kier alpha value is -2.34. The van der Waals surface area contributed by atoms with E-state index in [2.05, 4.69) is 9.97 Å². The fraction of sp³-hybridized carbons (Fsp3) is 0.231. The van der Waals surface area contributed by atoms with E-state index in [4.69, 9.17) is 11.5 Å². The molecule has 0 radical (unpaired) electrons. The normalized spacial score (nSPS) is 10.4. The molecule has 0 amide bonds. The summed E-state index contributed by atoms with van der Waals surface area (Å²) in [6.45, 7) is 1.14. The lowest BCUT2D eigenvalue weighted by Gasteiger charge is -2.19. The number of rotatable bonds is 4. The molecule has 0 saturated carbocycles. The van der Waals surface area contributed by atoms with E-state index in [-0.39, 0.29) is 11.2 Å². The van der Waals surface area contributed by atoms with Crippen molar-refractivity contribution in [2.24, 2.45) is 5.73 Å². The average Bonchev–Trinajstić information content (AvgIpc) is 2.42. The van der Waals surface area contributed by atoms with Crippen molar-refractivity contribution in [2.75, 3.05) is 17.7 Å². The number of hydrogen-bond donors (Lipinski definition) is 3. The number of hydrogen-bond acceptors (Lipinski definition) is 5. The molecule has 2 aromatic rings. The van der Waals surface area contributed by atoms with Gasteiger partial charge in [0.25, 0.3) is 5.56 Å². The lowest BCUT2D eigenvalue weighted by Crippen LogP contribution is -2.23. The van der Waals surface area contributed by atoms with Gasteiger partial charge in [-0.15, -0.1) is 0 Å². The van der Waals surface area contributed by atoms with Gasteiger partial charge in [0.15, 0.2) is 5.82 Å². The summed E-state index contributed by atoms with van der Waals surface area (Å²) in [6.07, 6.45) is 1.35. The highest BCUT2D eigenvalue weighted by molar-refractivity contribution is 5.60. The number of aromatic amines is 1. The van der Waals surface area contributed by atoms with Crippen LogP contribution in [-0.2, 0) is 13.1 Å². The molecule has 2 rings (SSSR count). The molecule has 0 unspecified atom stereocenters. The van der Waals surface area contributed by atoms with Crippen LogP contribution in [0.15, 0.2) is 35.4 Å². The Balaban J connectivity index is 2.18. The molecule has 6 heteroatoms. The summed E-state index contributed by atoms with van der Waals surface area (Å²) in [6, 6.07) is 7.97. The standard InChI is InChI=1S/C13H17N5O/c1-18(12-11(15)13(19)17-8-16-12)7-10-4-2-9(6-14)3-5-10/h2-5,8H,6-7,14-15H2,1H3,(H,16,17,19). The van der Waals surface area contributed by atoms with Crippen LogP contribution < -0.4 is 21.9 Å². The van der Waals surface area contributed by atoms with E-state index in [1.807, 2.05) is 36.2 Å². The molecule has 6 nitrogen and oxygen atoms in total. The first-order chi connectivity index (χ1) is 9.11. The summed E-state index contributed by atoms with van der Waals surface area (Å²) in [5.41, 5.74) is 13.3. The maximum atomic E-state index is 11.4. The van der Waals surface area contributed by atoms with E-state index in [0.717, 1.165) is 11.1 Å². The molecule has 0 aliphatic carbocycles. The zero-order valence-corrected chi connectivity index (χ0v) is 10.8. The smallest absolute Gasteiger partial charge is 0.276 e. The van der Waals surface area contributed by atoms with E-state index >= 15 is 0 Å². The van der Waals surface area contributed by atoms with Crippen molar-refractivity contribution in [3.05, 3.63) is 52.1 Å². The molecule has 1 heterocycles. The maximum Gasteiger partial charge on any atom is 0.276 e. The van der Waals surface area contributed by atoms with Gasteiger partial charge in [0.05, 0.1) is 6.33 Å². The third-order valence-corrected chi connectivity index (χ3v) is 2.91. The second kappa shape index (κ2) is 5.53. The molecule has 0 bridgehead atoms. The van der Waals surface area contributed by atoms with Gasteiger partial charge < -0.3 is 21.4 Å². The number of H-pyrrole nitrogens is 1. The Morgan fingerprint density at radius 1 is 1.26 bits per heavy atom. The summed E-state index contributed by atoms with van der Waals surface area (Å²) >= 11 is 0. The zero-order valence-electron chi connectivity index (χ0n) is 10.8. The van der Waals surface area contributed by atoms with Gasteiger partial charge in [-0.2, -0.15) is 0 Å². The van der Waals surface area contributed by atoms with Gasteiger partial charge >= 0.3 is 0 Å². The number of nitrogens with two attached hydrogens (primary N) is 2. The fourth-order valence-electron chi connectivity index (χ4n) is 1.83. The van der Waals surface area contributed by atoms with Crippen molar-refractivity contribution in [3.63, 3.8) is 0 Å². The largest absolute Gasteiger partial charge is 0.391 e. The molecule has 0 fully saturated rings. The Bertz CT molecular complexity index is 605. The molecule has 1 aromatic carbocycles. The van der Waals surface area contributed by atoms with Crippen LogP contribution in [0, 0.1) is 0 Å². The van der Waals surface area contributed by atoms with Gasteiger partial charge in [-0.05, 0) is 11.1 Å². The third kappa shape index (κ3) is 2.92. The number of nitrogens with one attached hydrogen (secondary N) is 1. The molecule has 0 aliphatic heterocycles. The van der Waals surface area contributed by atoms with Crippen LogP contribution in [0.4, 0.5) is 11.5 Å². The number of benzene rings is 1. The Labute approximate surface area is 111 Å². The zero-order chi connectivity index (χ0) is 13.8. The summed E-state index contributed by atoms with van der Waals surface area (Å²) in [5.74, 6) is 0.478. The van der Waals surface area contributed by atoms with Gasteiger partial charge in [-0.25, -0.2) is 4.98 Å². The minimum absolute atomic E-state index is 0.128. The highest BCUT2D eigenvalue weighted by Crippen LogP contribution is 2.16. The highest BCUT2D eigenvalue weighted by Gasteiger charge is 2.10. The van der Waals surface area contributed by atoms with Crippen LogP contribution in [0.3, 0.4) is 0 Å². The molecule has 0 spiro atoms. The van der Waals surface area contributed by atoms with Crippen molar-refractivity contribution >= 4 is 11.5 Å². The van der Waals surface area contributed by atoms with Crippen LogP contribution in [0.5, 0.6) is 0 Å². The summed E-state index contributed by atoms with van der Waals surface area (Å²) < 4.78 is 0. The quantitative estimate of drug-likeness (QED) is 0.740. The number of aromatic nitrogens is 2. The van der Waals surface area contributed by atoms with Crippen molar-refractivity contribution < 1.29 is 0 Å². The van der Waals surface area contributed by atoms with Crippen molar-refractivity contribution in [1.82, 2.24) is 9.97 Å². The van der Waals surface area contributed by atoms with Crippen molar-refractivity contribution in [2.45, 2.75) is 13.1 Å². The van der Waals surface area contributed by atoms with Gasteiger partial charge in [-0.3, -0.25) is 4.79 Å². The first-order valence-electron chi connectivity index (χ1n) is 5.94. The fourth-order valence-corrected chi connectivity index (χ4v) is 1.83. The maximum absolute atomic E-state index is 11.4. The van der Waals surface area contributed by atoms with Gasteiger partial charge in [-0.1, -0.05) is 24.3 Å². The molecule has 1 aromatic heterocycles. The van der Waals surface area contributed by atoms with E-state index in [1.165, 1.54) is 6.33 Å². The van der Waals surface area contributed by atoms with E-state index in [1.54, 1.807) is 0 Å². The number of nitrogens with zero attached hydrogens (tertiary/aromatic N) is 2. The number of nitrogen functional groups attached to an aromatic ring is 1. The van der Waals surface area contributed by atoms with Crippen molar-refractivity contribution in [1.29, 1.82) is 0 Å². The summed E-state index contributed by atoms with van der Waals surface area (Å²) in [5, 5.41) is 0. The van der Waals surface area contributed by atoms with Gasteiger partial charge in [0, 0.05) is 20.1 Å². The first kappa shape index (κ1) is 13.1. The Kier molecular flexibility index (Phi) is 3.82. The van der Waals surface area contributed by atoms with E-state index in [9.17, 15) is 4.79 Å². The topological polar surface area (TPSA) is 101 Å². The number of anilines is 2. The molecular weight excluding hydrogens is 242 g/mol. The molecule has 0 atom stereocenters.